The van der Waals surface area contributed by atoms with Gasteiger partial charge in [-0.25, -0.2) is 0 Å². The molecule has 0 radical (unpaired) electrons. The topological polar surface area (TPSA) is 29.5 Å². The van der Waals surface area contributed by atoms with Crippen LogP contribution in [0.15, 0.2) is 66.7 Å². The third-order valence-corrected chi connectivity index (χ3v) is 4.04. The van der Waals surface area contributed by atoms with Gasteiger partial charge in [-0.05, 0) is 53.8 Å². The third kappa shape index (κ3) is 3.54. The zero-order chi connectivity index (χ0) is 16.2. The van der Waals surface area contributed by atoms with Gasteiger partial charge in [0.25, 0.3) is 0 Å². The summed E-state index contributed by atoms with van der Waals surface area (Å²) in [5.41, 5.74) is 5.66. The minimum absolute atomic E-state index is 0.164. The lowest BCUT2D eigenvalue weighted by Crippen LogP contribution is -1.95. The minimum Gasteiger partial charge on any atom is -0.504 e. The Morgan fingerprint density at radius 2 is 1.48 bits per heavy atom. The monoisotopic (exact) mass is 304 g/mol. The van der Waals surface area contributed by atoms with Gasteiger partial charge in [0.2, 0.25) is 0 Å². The number of benzene rings is 3. The van der Waals surface area contributed by atoms with Crippen LogP contribution in [0.4, 0.5) is 0 Å². The van der Waals surface area contributed by atoms with Crippen LogP contribution >= 0.6 is 0 Å². The molecule has 0 aliphatic heterocycles. The average Bonchev–Trinajstić information content (AvgIpc) is 2.57. The van der Waals surface area contributed by atoms with Crippen molar-refractivity contribution >= 4 is 0 Å². The highest BCUT2D eigenvalue weighted by molar-refractivity contribution is 5.68. The van der Waals surface area contributed by atoms with Crippen molar-refractivity contribution in [1.29, 1.82) is 0 Å². The fourth-order valence-electron chi connectivity index (χ4n) is 2.48. The number of hydrogen-bond donors (Lipinski definition) is 1. The molecular weight excluding hydrogens is 284 g/mol. The second-order valence-corrected chi connectivity index (χ2v) is 5.76. The number of aryl methyl sites for hydroxylation is 2. The van der Waals surface area contributed by atoms with E-state index in [-0.39, 0.29) is 5.75 Å². The van der Waals surface area contributed by atoms with Crippen LogP contribution in [0, 0.1) is 13.8 Å². The Morgan fingerprint density at radius 3 is 2.17 bits per heavy atom. The summed E-state index contributed by atoms with van der Waals surface area (Å²) < 4.78 is 5.71. The van der Waals surface area contributed by atoms with Gasteiger partial charge in [-0.1, -0.05) is 54.6 Å². The molecule has 0 spiro atoms. The van der Waals surface area contributed by atoms with Gasteiger partial charge >= 0.3 is 0 Å². The van der Waals surface area contributed by atoms with Crippen molar-refractivity contribution in [2.24, 2.45) is 0 Å². The second kappa shape index (κ2) is 6.57. The highest BCUT2D eigenvalue weighted by Crippen LogP contribution is 2.32. The highest BCUT2D eigenvalue weighted by Gasteiger charge is 2.07. The van der Waals surface area contributed by atoms with E-state index in [1.807, 2.05) is 42.5 Å². The van der Waals surface area contributed by atoms with Crippen molar-refractivity contribution in [1.82, 2.24) is 0 Å². The summed E-state index contributed by atoms with van der Waals surface area (Å²) in [5, 5.41) is 10.2. The van der Waals surface area contributed by atoms with Crippen molar-refractivity contribution in [2.45, 2.75) is 20.5 Å². The van der Waals surface area contributed by atoms with Crippen molar-refractivity contribution in [3.05, 3.63) is 83.4 Å². The Morgan fingerprint density at radius 1 is 0.783 bits per heavy atom. The summed E-state index contributed by atoms with van der Waals surface area (Å²) in [6.45, 7) is 4.63. The van der Waals surface area contributed by atoms with Crippen LogP contribution in [0.1, 0.15) is 16.7 Å². The van der Waals surface area contributed by atoms with Gasteiger partial charge in [0.15, 0.2) is 11.5 Å². The predicted octanol–water partition coefficient (Wildman–Crippen LogP) is 5.26. The maximum atomic E-state index is 10.2. The molecule has 0 aliphatic rings. The number of hydrogen-bond acceptors (Lipinski definition) is 2. The third-order valence-electron chi connectivity index (χ3n) is 4.04. The Bertz CT molecular complexity index is 807. The molecule has 3 aromatic rings. The Balaban J connectivity index is 1.79. The summed E-state index contributed by atoms with van der Waals surface area (Å²) >= 11 is 0. The SMILES string of the molecule is Cc1ccc(-c2ccc(OCc3ccccc3)c(O)c2)cc1C. The molecule has 0 heterocycles. The number of phenolic OH excluding ortho intramolecular Hbond substituents is 1. The first-order valence-electron chi connectivity index (χ1n) is 7.71. The van der Waals surface area contributed by atoms with E-state index in [9.17, 15) is 5.11 Å². The minimum atomic E-state index is 0.164. The molecule has 0 saturated heterocycles. The van der Waals surface area contributed by atoms with E-state index in [0.29, 0.717) is 12.4 Å². The molecule has 23 heavy (non-hydrogen) atoms. The Labute approximate surface area is 137 Å². The van der Waals surface area contributed by atoms with Crippen molar-refractivity contribution in [3.63, 3.8) is 0 Å². The zero-order valence-electron chi connectivity index (χ0n) is 13.4. The molecule has 116 valence electrons. The van der Waals surface area contributed by atoms with Crippen LogP contribution in [-0.4, -0.2) is 5.11 Å². The first kappa shape index (κ1) is 15.2. The largest absolute Gasteiger partial charge is 0.504 e. The standard InChI is InChI=1S/C21H20O2/c1-15-8-9-18(12-16(15)2)19-10-11-21(20(22)13-19)23-14-17-6-4-3-5-7-17/h3-13,22H,14H2,1-2H3. The molecule has 0 aromatic heterocycles. The predicted molar refractivity (Wildman–Crippen MR) is 93.8 cm³/mol. The summed E-state index contributed by atoms with van der Waals surface area (Å²) in [5.74, 6) is 0.665. The molecule has 2 heteroatoms. The zero-order valence-corrected chi connectivity index (χ0v) is 13.4. The summed E-state index contributed by atoms with van der Waals surface area (Å²) in [4.78, 5) is 0. The smallest absolute Gasteiger partial charge is 0.161 e. The molecule has 0 atom stereocenters. The molecule has 3 aromatic carbocycles. The molecule has 2 nitrogen and oxygen atoms in total. The van der Waals surface area contributed by atoms with Crippen LogP contribution in [0.3, 0.4) is 0 Å². The summed E-state index contributed by atoms with van der Waals surface area (Å²) in [6, 6.07) is 21.8. The fraction of sp³-hybridized carbons (Fsp3) is 0.143. The first-order valence-corrected chi connectivity index (χ1v) is 7.71. The quantitative estimate of drug-likeness (QED) is 0.713. The fourth-order valence-corrected chi connectivity index (χ4v) is 2.48. The van der Waals surface area contributed by atoms with Crippen LogP contribution in [0.2, 0.25) is 0 Å². The highest BCUT2D eigenvalue weighted by atomic mass is 16.5. The number of rotatable bonds is 4. The lowest BCUT2D eigenvalue weighted by molar-refractivity contribution is 0.289. The average molecular weight is 304 g/mol. The van der Waals surface area contributed by atoms with Gasteiger partial charge in [0.05, 0.1) is 0 Å². The molecule has 3 rings (SSSR count). The van der Waals surface area contributed by atoms with E-state index in [1.54, 1.807) is 6.07 Å². The molecule has 0 fully saturated rings. The van der Waals surface area contributed by atoms with E-state index in [4.69, 9.17) is 4.74 Å². The molecule has 1 N–H and O–H groups in total. The molecular formula is C21H20O2. The van der Waals surface area contributed by atoms with Gasteiger partial charge < -0.3 is 9.84 Å². The van der Waals surface area contributed by atoms with Gasteiger partial charge in [0.1, 0.15) is 6.61 Å². The Hall–Kier alpha value is -2.74. The van der Waals surface area contributed by atoms with Gasteiger partial charge in [0, 0.05) is 0 Å². The van der Waals surface area contributed by atoms with Crippen molar-refractivity contribution < 1.29 is 9.84 Å². The van der Waals surface area contributed by atoms with Crippen LogP contribution in [-0.2, 0) is 6.61 Å². The molecule has 0 bridgehead atoms. The van der Waals surface area contributed by atoms with Gasteiger partial charge in [-0.15, -0.1) is 0 Å². The van der Waals surface area contributed by atoms with E-state index in [0.717, 1.165) is 16.7 Å². The van der Waals surface area contributed by atoms with Crippen molar-refractivity contribution in [3.8, 4) is 22.6 Å². The Kier molecular flexibility index (Phi) is 4.33. The van der Waals surface area contributed by atoms with E-state index in [1.165, 1.54) is 11.1 Å². The van der Waals surface area contributed by atoms with Crippen LogP contribution < -0.4 is 4.74 Å². The summed E-state index contributed by atoms with van der Waals surface area (Å²) in [6.07, 6.45) is 0. The van der Waals surface area contributed by atoms with Gasteiger partial charge in [-0.3, -0.25) is 0 Å². The molecule has 0 saturated carbocycles. The number of aromatic hydroxyl groups is 1. The van der Waals surface area contributed by atoms with Crippen LogP contribution in [0.25, 0.3) is 11.1 Å². The molecule has 0 amide bonds. The summed E-state index contributed by atoms with van der Waals surface area (Å²) in [7, 11) is 0. The second-order valence-electron chi connectivity index (χ2n) is 5.76. The van der Waals surface area contributed by atoms with Crippen LogP contribution in [0.5, 0.6) is 11.5 Å². The van der Waals surface area contributed by atoms with Gasteiger partial charge in [-0.2, -0.15) is 0 Å². The van der Waals surface area contributed by atoms with Crippen molar-refractivity contribution in [2.75, 3.05) is 0 Å². The maximum Gasteiger partial charge on any atom is 0.161 e. The lowest BCUT2D eigenvalue weighted by Gasteiger charge is -2.11. The number of ether oxygens (including phenoxy) is 1. The lowest BCUT2D eigenvalue weighted by atomic mass is 10.0. The van der Waals surface area contributed by atoms with E-state index < -0.39 is 0 Å². The molecule has 0 aliphatic carbocycles. The molecule has 0 unspecified atom stereocenters. The van der Waals surface area contributed by atoms with E-state index >= 15 is 0 Å². The normalized spacial score (nSPS) is 10.5. The maximum absolute atomic E-state index is 10.2. The van der Waals surface area contributed by atoms with E-state index in [2.05, 4.69) is 32.0 Å². The first-order chi connectivity index (χ1) is 11.1. The number of phenols is 1.